The van der Waals surface area contributed by atoms with Gasteiger partial charge in [0.25, 0.3) is 0 Å². The van der Waals surface area contributed by atoms with Crippen LogP contribution in [0.25, 0.3) is 84.5 Å². The third-order valence-corrected chi connectivity index (χ3v) is 17.5. The molecule has 2 aromatic heterocycles. The molecule has 2 heteroatoms. The molecule has 0 unspecified atom stereocenters. The molecule has 0 atom stereocenters. The van der Waals surface area contributed by atoms with Crippen LogP contribution in [0.15, 0.2) is 243 Å². The Morgan fingerprint density at radius 3 is 1.37 bits per heavy atom. The Hall–Kier alpha value is -7.88. The first-order chi connectivity index (χ1) is 37.9. The molecule has 0 saturated heterocycles. The van der Waals surface area contributed by atoms with Crippen molar-refractivity contribution >= 4 is 73.8 Å². The summed E-state index contributed by atoms with van der Waals surface area (Å²) in [5, 5.41) is 8.50. The second kappa shape index (κ2) is 23.8. The summed E-state index contributed by atoms with van der Waals surface area (Å²) in [5.41, 5.74) is 19.3. The van der Waals surface area contributed by atoms with E-state index in [9.17, 15) is 0 Å². The Bertz CT molecular complexity index is 4090. The molecule has 0 N–H and O–H groups in total. The topological polar surface area (TPSA) is 0 Å². The van der Waals surface area contributed by atoms with Crippen molar-refractivity contribution in [2.75, 3.05) is 0 Å². The van der Waals surface area contributed by atoms with Crippen LogP contribution in [-0.4, -0.2) is 0 Å². The van der Waals surface area contributed by atoms with Crippen LogP contribution in [0.1, 0.15) is 85.0 Å². The van der Waals surface area contributed by atoms with E-state index >= 15 is 0 Å². The van der Waals surface area contributed by atoms with Gasteiger partial charge in [0, 0.05) is 45.8 Å². The highest BCUT2D eigenvalue weighted by Gasteiger charge is 2.36. The van der Waals surface area contributed by atoms with Gasteiger partial charge in [-0.1, -0.05) is 270 Å². The fourth-order valence-corrected chi connectivity index (χ4v) is 13.5. The van der Waals surface area contributed by atoms with Gasteiger partial charge in [0.15, 0.2) is 0 Å². The molecule has 0 radical (unpaired) electrons. The number of aryl methyl sites for hydroxylation is 5. The van der Waals surface area contributed by atoms with E-state index in [1.807, 2.05) is 34.8 Å². The second-order valence-corrected chi connectivity index (χ2v) is 23.7. The highest BCUT2D eigenvalue weighted by molar-refractivity contribution is 7.26. The molecule has 0 nitrogen and oxygen atoms in total. The van der Waals surface area contributed by atoms with Gasteiger partial charge in [-0.3, -0.25) is 0 Å². The monoisotopic (exact) mass is 1050 g/mol. The third-order valence-electron chi connectivity index (χ3n) is 15.2. The summed E-state index contributed by atoms with van der Waals surface area (Å²) in [6.07, 6.45) is 1.11. The fraction of sp³-hybridized carbons (Fsp3) is 0.158. The molecule has 0 spiro atoms. The van der Waals surface area contributed by atoms with E-state index in [1.54, 1.807) is 0 Å². The summed E-state index contributed by atoms with van der Waals surface area (Å²) in [6, 6.07) is 86.8. The average molecular weight is 1050 g/mol. The van der Waals surface area contributed by atoms with Gasteiger partial charge in [0.2, 0.25) is 0 Å². The average Bonchev–Trinajstić information content (AvgIpc) is 4.32. The molecule has 0 saturated carbocycles. The maximum atomic E-state index is 2.40. The molecule has 14 rings (SSSR count). The van der Waals surface area contributed by atoms with Crippen LogP contribution >= 0.6 is 22.7 Å². The summed E-state index contributed by atoms with van der Waals surface area (Å²) in [5.74, 6) is 0.585. The summed E-state index contributed by atoms with van der Waals surface area (Å²) in [7, 11) is 0. The van der Waals surface area contributed by atoms with Gasteiger partial charge >= 0.3 is 0 Å². The van der Waals surface area contributed by atoms with E-state index in [1.165, 1.54) is 129 Å². The lowest BCUT2D eigenvalue weighted by Crippen LogP contribution is -2.15. The SMILES string of the molecule is CC(C)c1cccc2sc3ccccc3c12.CCc1cccc2sc3ccccc3c12.Cc1ccc2c(c1)C(C)(C)c1cc(C)c3ccccc3c1-2.Cc1cccc(-c2ccccc2)c1.Cc1cccc(-c2ccccc2)c1. The standard InChI is InChI=1S/C21H20.C15H14S.C14H12S.2C13H12/c1-13-9-10-17-18(11-13)21(3,4)19-12-14(2)15-7-5-6-8-16(15)20(17)19;1-10(2)11-7-5-9-14-15(11)12-6-3-4-8-13(12)16-14;1-2-10-6-5-9-13-14(10)11-7-3-4-8-12(11)15-13;2*1-11-6-5-9-13(10-11)12-7-3-2-4-8-12/h5-12H,1-4H3;3-10H,1-2H3;3-9H,2H2,1H3;2*2-10H,1H3. The van der Waals surface area contributed by atoms with Crippen LogP contribution in [-0.2, 0) is 11.8 Å². The Morgan fingerprint density at radius 1 is 0.372 bits per heavy atom. The smallest absolute Gasteiger partial charge is 0.0358 e. The predicted octanol–water partition coefficient (Wildman–Crippen LogP) is 22.9. The minimum atomic E-state index is 0.0888. The first-order valence-corrected chi connectivity index (χ1v) is 29.2. The van der Waals surface area contributed by atoms with Gasteiger partial charge in [-0.25, -0.2) is 0 Å². The van der Waals surface area contributed by atoms with Crippen LogP contribution in [0.5, 0.6) is 0 Å². The zero-order valence-electron chi connectivity index (χ0n) is 46.7. The quantitative estimate of drug-likeness (QED) is 0.165. The van der Waals surface area contributed by atoms with Crippen molar-refractivity contribution in [3.05, 3.63) is 287 Å². The number of hydrogen-bond donors (Lipinski definition) is 0. The van der Waals surface area contributed by atoms with Crippen LogP contribution in [0.4, 0.5) is 0 Å². The van der Waals surface area contributed by atoms with Gasteiger partial charge in [0.1, 0.15) is 0 Å². The molecular formula is C76H70S2. The van der Waals surface area contributed by atoms with Gasteiger partial charge < -0.3 is 0 Å². The van der Waals surface area contributed by atoms with E-state index in [2.05, 4.69) is 293 Å². The molecule has 0 bridgehead atoms. The summed E-state index contributed by atoms with van der Waals surface area (Å²) < 4.78 is 5.61. The molecule has 2 heterocycles. The van der Waals surface area contributed by atoms with Gasteiger partial charge in [-0.15, -0.1) is 22.7 Å². The number of thiophene rings is 2. The molecular weight excluding hydrogens is 977 g/mol. The minimum Gasteiger partial charge on any atom is -0.135 e. The van der Waals surface area contributed by atoms with Crippen molar-refractivity contribution in [1.82, 2.24) is 0 Å². The fourth-order valence-electron chi connectivity index (χ4n) is 11.2. The van der Waals surface area contributed by atoms with Gasteiger partial charge in [-0.2, -0.15) is 0 Å². The van der Waals surface area contributed by atoms with E-state index < -0.39 is 0 Å². The molecule has 13 aromatic rings. The second-order valence-electron chi connectivity index (χ2n) is 21.5. The molecule has 1 aliphatic carbocycles. The lowest BCUT2D eigenvalue weighted by atomic mass is 9.81. The summed E-state index contributed by atoms with van der Waals surface area (Å²) in [6.45, 7) is 20.1. The van der Waals surface area contributed by atoms with Crippen molar-refractivity contribution < 1.29 is 0 Å². The maximum absolute atomic E-state index is 2.40. The number of rotatable bonds is 4. The number of hydrogen-bond acceptors (Lipinski definition) is 2. The zero-order chi connectivity index (χ0) is 54.3. The first-order valence-electron chi connectivity index (χ1n) is 27.6. The van der Waals surface area contributed by atoms with Crippen molar-refractivity contribution in [1.29, 1.82) is 0 Å². The van der Waals surface area contributed by atoms with Gasteiger partial charge in [-0.05, 0) is 136 Å². The molecule has 78 heavy (non-hydrogen) atoms. The lowest BCUT2D eigenvalue weighted by Gasteiger charge is -2.22. The van der Waals surface area contributed by atoms with Crippen LogP contribution in [0.3, 0.4) is 0 Å². The zero-order valence-corrected chi connectivity index (χ0v) is 48.3. The molecule has 1 aliphatic rings. The Morgan fingerprint density at radius 2 is 0.821 bits per heavy atom. The normalized spacial score (nSPS) is 11.9. The molecule has 0 fully saturated rings. The Labute approximate surface area is 471 Å². The maximum Gasteiger partial charge on any atom is 0.0358 e. The van der Waals surface area contributed by atoms with Crippen molar-refractivity contribution in [2.45, 2.75) is 80.1 Å². The van der Waals surface area contributed by atoms with Crippen LogP contribution in [0, 0.1) is 27.7 Å². The minimum absolute atomic E-state index is 0.0888. The first kappa shape index (κ1) is 53.5. The highest BCUT2D eigenvalue weighted by Crippen LogP contribution is 2.52. The van der Waals surface area contributed by atoms with E-state index in [-0.39, 0.29) is 5.41 Å². The Balaban J connectivity index is 0.000000112. The van der Waals surface area contributed by atoms with E-state index in [0.717, 1.165) is 6.42 Å². The third kappa shape index (κ3) is 11.4. The lowest BCUT2D eigenvalue weighted by molar-refractivity contribution is 0.659. The van der Waals surface area contributed by atoms with Crippen molar-refractivity contribution in [3.8, 4) is 33.4 Å². The number of fused-ring (bicyclic) bond motifs is 11. The highest BCUT2D eigenvalue weighted by atomic mass is 32.1. The van der Waals surface area contributed by atoms with Crippen molar-refractivity contribution in [3.63, 3.8) is 0 Å². The van der Waals surface area contributed by atoms with E-state index in [4.69, 9.17) is 0 Å². The molecule has 386 valence electrons. The molecule has 11 aromatic carbocycles. The predicted molar refractivity (Wildman–Crippen MR) is 346 cm³/mol. The Kier molecular flexibility index (Phi) is 16.3. The molecule has 0 amide bonds. The van der Waals surface area contributed by atoms with Crippen molar-refractivity contribution in [2.24, 2.45) is 0 Å². The largest absolute Gasteiger partial charge is 0.135 e. The van der Waals surface area contributed by atoms with Crippen LogP contribution in [0.2, 0.25) is 0 Å². The summed E-state index contributed by atoms with van der Waals surface area (Å²) >= 11 is 3.78. The number of benzene rings is 11. The molecule has 0 aliphatic heterocycles. The van der Waals surface area contributed by atoms with Gasteiger partial charge in [0.05, 0.1) is 0 Å². The van der Waals surface area contributed by atoms with E-state index in [0.29, 0.717) is 5.92 Å². The van der Waals surface area contributed by atoms with Crippen LogP contribution < -0.4 is 0 Å². The summed E-state index contributed by atoms with van der Waals surface area (Å²) in [4.78, 5) is 0.